The van der Waals surface area contributed by atoms with E-state index in [4.69, 9.17) is 5.73 Å². The molecule has 2 heterocycles. The summed E-state index contributed by atoms with van der Waals surface area (Å²) in [6.07, 6.45) is 2.52. The molecular formula is C16H24N6O. The van der Waals surface area contributed by atoms with E-state index in [-0.39, 0.29) is 17.9 Å². The number of carbonyl (C=O) groups excluding carboxylic acids is 1. The summed E-state index contributed by atoms with van der Waals surface area (Å²) in [7, 11) is 1.87. The number of aryl methyl sites for hydroxylation is 1. The van der Waals surface area contributed by atoms with E-state index in [0.29, 0.717) is 11.6 Å². The first-order valence-electron chi connectivity index (χ1n) is 7.70. The molecule has 2 rings (SSSR count). The van der Waals surface area contributed by atoms with Crippen LogP contribution in [0.1, 0.15) is 54.3 Å². The van der Waals surface area contributed by atoms with Crippen molar-refractivity contribution in [3.8, 4) is 0 Å². The molecule has 7 heteroatoms. The lowest BCUT2D eigenvalue weighted by molar-refractivity contribution is 0.0934. The Morgan fingerprint density at radius 1 is 1.35 bits per heavy atom. The fourth-order valence-electron chi connectivity index (χ4n) is 2.45. The van der Waals surface area contributed by atoms with Gasteiger partial charge in [-0.15, -0.1) is 0 Å². The average molecular weight is 316 g/mol. The normalized spacial score (nSPS) is 12.4. The summed E-state index contributed by atoms with van der Waals surface area (Å²) in [5.74, 6) is 0.288. The molecule has 2 aromatic rings. The number of nitrogens with zero attached hydrogens (tertiary/aromatic N) is 4. The second-order valence-corrected chi connectivity index (χ2v) is 6.20. The van der Waals surface area contributed by atoms with Crippen LogP contribution in [0.15, 0.2) is 12.3 Å². The molecule has 23 heavy (non-hydrogen) atoms. The van der Waals surface area contributed by atoms with E-state index in [9.17, 15) is 4.79 Å². The highest BCUT2D eigenvalue weighted by atomic mass is 16.1. The summed E-state index contributed by atoms with van der Waals surface area (Å²) in [5, 5.41) is 7.13. The number of carbonyl (C=O) groups is 1. The number of amides is 1. The van der Waals surface area contributed by atoms with Gasteiger partial charge in [-0.05, 0) is 32.3 Å². The van der Waals surface area contributed by atoms with Crippen LogP contribution in [0, 0.1) is 12.8 Å². The standard InChI is InChI=1S/C16H24N6O/c1-9(2)6-12-7-14(21-16(17)20-12)15(23)19-10(3)13-8-18-22(5)11(13)4/h7-10H,6H2,1-5H3,(H,19,23)(H2,17,20,21)/t10-/m1/s1. The van der Waals surface area contributed by atoms with Gasteiger partial charge < -0.3 is 11.1 Å². The summed E-state index contributed by atoms with van der Waals surface area (Å²) < 4.78 is 1.78. The molecule has 0 bridgehead atoms. The zero-order valence-corrected chi connectivity index (χ0v) is 14.3. The van der Waals surface area contributed by atoms with Crippen molar-refractivity contribution in [1.29, 1.82) is 0 Å². The summed E-state index contributed by atoms with van der Waals surface area (Å²) in [5.41, 5.74) is 8.79. The first-order chi connectivity index (χ1) is 10.8. The Morgan fingerprint density at radius 2 is 2.04 bits per heavy atom. The average Bonchev–Trinajstić information content (AvgIpc) is 2.77. The fourth-order valence-corrected chi connectivity index (χ4v) is 2.45. The van der Waals surface area contributed by atoms with Crippen LogP contribution in [0.2, 0.25) is 0 Å². The number of nitrogens with two attached hydrogens (primary N) is 1. The van der Waals surface area contributed by atoms with Gasteiger partial charge in [-0.3, -0.25) is 9.48 Å². The molecule has 0 saturated carbocycles. The molecule has 7 nitrogen and oxygen atoms in total. The Balaban J connectivity index is 2.17. The molecule has 0 aromatic carbocycles. The molecule has 2 aromatic heterocycles. The number of hydrogen-bond donors (Lipinski definition) is 2. The van der Waals surface area contributed by atoms with Gasteiger partial charge in [-0.25, -0.2) is 9.97 Å². The van der Waals surface area contributed by atoms with Crippen LogP contribution in [0.4, 0.5) is 5.95 Å². The lowest BCUT2D eigenvalue weighted by Gasteiger charge is -2.14. The van der Waals surface area contributed by atoms with Crippen molar-refractivity contribution in [2.24, 2.45) is 13.0 Å². The number of nitrogens with one attached hydrogen (secondary N) is 1. The van der Waals surface area contributed by atoms with Crippen LogP contribution >= 0.6 is 0 Å². The molecule has 0 aliphatic carbocycles. The highest BCUT2D eigenvalue weighted by Crippen LogP contribution is 2.17. The molecule has 1 atom stereocenters. The number of anilines is 1. The Kier molecular flexibility index (Phi) is 4.98. The summed E-state index contributed by atoms with van der Waals surface area (Å²) >= 11 is 0. The van der Waals surface area contributed by atoms with Crippen LogP contribution in [0.5, 0.6) is 0 Å². The van der Waals surface area contributed by atoms with Gasteiger partial charge in [0.05, 0.1) is 12.2 Å². The number of rotatable bonds is 5. The Hall–Kier alpha value is -2.44. The first kappa shape index (κ1) is 16.9. The van der Waals surface area contributed by atoms with Crippen molar-refractivity contribution >= 4 is 11.9 Å². The third-order valence-corrected chi connectivity index (χ3v) is 3.73. The Morgan fingerprint density at radius 3 is 2.61 bits per heavy atom. The second-order valence-electron chi connectivity index (χ2n) is 6.20. The Bertz CT molecular complexity index is 707. The Labute approximate surface area is 136 Å². The maximum atomic E-state index is 12.5. The molecule has 1 amide bonds. The van der Waals surface area contributed by atoms with Gasteiger partial charge in [0.1, 0.15) is 5.69 Å². The minimum atomic E-state index is -0.264. The molecule has 0 saturated heterocycles. The quantitative estimate of drug-likeness (QED) is 0.876. The van der Waals surface area contributed by atoms with Crippen LogP contribution in [0.25, 0.3) is 0 Å². The molecule has 124 valence electrons. The molecule has 0 radical (unpaired) electrons. The first-order valence-corrected chi connectivity index (χ1v) is 7.70. The lowest BCUT2D eigenvalue weighted by Crippen LogP contribution is -2.28. The zero-order chi connectivity index (χ0) is 17.1. The van der Waals surface area contributed by atoms with Crippen molar-refractivity contribution < 1.29 is 4.79 Å². The highest BCUT2D eigenvalue weighted by Gasteiger charge is 2.17. The molecular weight excluding hydrogens is 292 g/mol. The predicted octanol–water partition coefficient (Wildman–Crippen LogP) is 1.79. The van der Waals surface area contributed by atoms with Crippen molar-refractivity contribution in [2.45, 2.75) is 40.2 Å². The van der Waals surface area contributed by atoms with Gasteiger partial charge in [-0.1, -0.05) is 13.8 Å². The van der Waals surface area contributed by atoms with Crippen LogP contribution in [-0.2, 0) is 13.5 Å². The summed E-state index contributed by atoms with van der Waals surface area (Å²) in [6, 6.07) is 1.54. The lowest BCUT2D eigenvalue weighted by atomic mass is 10.1. The minimum absolute atomic E-state index is 0.124. The van der Waals surface area contributed by atoms with E-state index in [1.54, 1.807) is 16.9 Å². The van der Waals surface area contributed by atoms with Gasteiger partial charge >= 0.3 is 0 Å². The summed E-state index contributed by atoms with van der Waals surface area (Å²) in [6.45, 7) is 8.06. The molecule has 0 aliphatic heterocycles. The smallest absolute Gasteiger partial charge is 0.270 e. The van der Waals surface area contributed by atoms with Crippen molar-refractivity contribution in [2.75, 3.05) is 5.73 Å². The maximum absolute atomic E-state index is 12.5. The van der Waals surface area contributed by atoms with Crippen molar-refractivity contribution in [3.05, 3.63) is 34.9 Å². The minimum Gasteiger partial charge on any atom is -0.368 e. The van der Waals surface area contributed by atoms with Crippen LogP contribution < -0.4 is 11.1 Å². The number of aromatic nitrogens is 4. The molecule has 0 unspecified atom stereocenters. The maximum Gasteiger partial charge on any atom is 0.270 e. The van der Waals surface area contributed by atoms with Crippen LogP contribution in [-0.4, -0.2) is 25.7 Å². The molecule has 0 spiro atoms. The van der Waals surface area contributed by atoms with Gasteiger partial charge in [0.2, 0.25) is 5.95 Å². The van der Waals surface area contributed by atoms with Crippen molar-refractivity contribution in [1.82, 2.24) is 25.1 Å². The van der Waals surface area contributed by atoms with Gasteiger partial charge in [0.25, 0.3) is 5.91 Å². The molecule has 0 aliphatic rings. The van der Waals surface area contributed by atoms with Crippen LogP contribution in [0.3, 0.4) is 0 Å². The third kappa shape index (κ3) is 4.06. The molecule has 0 fully saturated rings. The van der Waals surface area contributed by atoms with Gasteiger partial charge in [0, 0.05) is 24.0 Å². The SMILES string of the molecule is Cc1c([C@@H](C)NC(=O)c2cc(CC(C)C)nc(N)n2)cnn1C. The van der Waals surface area contributed by atoms with Crippen molar-refractivity contribution in [3.63, 3.8) is 0 Å². The number of nitrogen functional groups attached to an aromatic ring is 1. The zero-order valence-electron chi connectivity index (χ0n) is 14.3. The fraction of sp³-hybridized carbons (Fsp3) is 0.500. The van der Waals surface area contributed by atoms with E-state index in [1.807, 2.05) is 20.9 Å². The third-order valence-electron chi connectivity index (χ3n) is 3.73. The monoisotopic (exact) mass is 316 g/mol. The largest absolute Gasteiger partial charge is 0.368 e. The van der Waals surface area contributed by atoms with E-state index < -0.39 is 0 Å². The van der Waals surface area contributed by atoms with E-state index in [2.05, 4.69) is 34.2 Å². The molecule has 3 N–H and O–H groups in total. The van der Waals surface area contributed by atoms with Gasteiger partial charge in [0.15, 0.2) is 0 Å². The topological polar surface area (TPSA) is 98.7 Å². The highest BCUT2D eigenvalue weighted by molar-refractivity contribution is 5.92. The van der Waals surface area contributed by atoms with E-state index in [0.717, 1.165) is 23.4 Å². The number of hydrogen-bond acceptors (Lipinski definition) is 5. The second kappa shape index (κ2) is 6.76. The van der Waals surface area contributed by atoms with Gasteiger partial charge in [-0.2, -0.15) is 5.10 Å². The predicted molar refractivity (Wildman–Crippen MR) is 88.8 cm³/mol. The van der Waals surface area contributed by atoms with E-state index in [1.165, 1.54) is 0 Å². The summed E-state index contributed by atoms with van der Waals surface area (Å²) in [4.78, 5) is 20.7. The van der Waals surface area contributed by atoms with E-state index >= 15 is 0 Å².